The molecule has 0 atom stereocenters. The van der Waals surface area contributed by atoms with Crippen LogP contribution >= 0.6 is 11.3 Å². The van der Waals surface area contributed by atoms with Crippen LogP contribution in [0.5, 0.6) is 0 Å². The Morgan fingerprint density at radius 3 is 2.72 bits per heavy atom. The van der Waals surface area contributed by atoms with Crippen molar-refractivity contribution in [3.05, 3.63) is 93.3 Å². The molecule has 0 spiro atoms. The average Bonchev–Trinajstić information content (AvgIpc) is 3.30. The van der Waals surface area contributed by atoms with E-state index < -0.39 is 0 Å². The Morgan fingerprint density at radius 2 is 1.97 bits per heavy atom. The number of nitrogens with zero attached hydrogens (tertiary/aromatic N) is 3. The van der Waals surface area contributed by atoms with Gasteiger partial charge in [-0.15, -0.1) is 11.3 Å². The van der Waals surface area contributed by atoms with Crippen LogP contribution in [0, 0.1) is 0 Å². The van der Waals surface area contributed by atoms with Crippen LogP contribution in [-0.2, 0) is 19.5 Å². The fourth-order valence-corrected chi connectivity index (χ4v) is 4.37. The summed E-state index contributed by atoms with van der Waals surface area (Å²) in [4.78, 5) is 28.2. The summed E-state index contributed by atoms with van der Waals surface area (Å²) in [5.41, 5.74) is 4.91. The largest absolute Gasteiger partial charge is 0.306 e. The van der Waals surface area contributed by atoms with Crippen molar-refractivity contribution in [3.63, 3.8) is 0 Å². The van der Waals surface area contributed by atoms with Crippen molar-refractivity contribution in [2.24, 2.45) is 0 Å². The highest BCUT2D eigenvalue weighted by atomic mass is 32.1. The highest BCUT2D eigenvalue weighted by Gasteiger charge is 2.21. The lowest BCUT2D eigenvalue weighted by Crippen LogP contribution is -2.35. The third-order valence-corrected chi connectivity index (χ3v) is 6.08. The van der Waals surface area contributed by atoms with Crippen molar-refractivity contribution in [1.29, 1.82) is 0 Å². The summed E-state index contributed by atoms with van der Waals surface area (Å²) < 4.78 is 0. The van der Waals surface area contributed by atoms with Crippen molar-refractivity contribution in [2.75, 3.05) is 6.54 Å². The number of H-pyrrole nitrogens is 1. The quantitative estimate of drug-likeness (QED) is 0.560. The maximum atomic E-state index is 12.6. The van der Waals surface area contributed by atoms with E-state index in [1.54, 1.807) is 11.3 Å². The monoisotopic (exact) mass is 400 g/mol. The fourth-order valence-electron chi connectivity index (χ4n) is 3.70. The van der Waals surface area contributed by atoms with Gasteiger partial charge in [0.05, 0.1) is 21.8 Å². The second-order valence-electron chi connectivity index (χ2n) is 7.20. The van der Waals surface area contributed by atoms with Crippen molar-refractivity contribution in [3.8, 4) is 22.0 Å². The SMILES string of the molecule is O=c1[nH]c(-c2cccs2)nc2c1CN(Cc1ccc(-c3ccccc3)nc1)CC2. The predicted molar refractivity (Wildman–Crippen MR) is 116 cm³/mol. The molecule has 0 fully saturated rings. The normalized spacial score (nSPS) is 13.9. The highest BCUT2D eigenvalue weighted by Crippen LogP contribution is 2.23. The maximum absolute atomic E-state index is 12.6. The molecule has 4 aromatic rings. The Hall–Kier alpha value is -3.09. The van der Waals surface area contributed by atoms with Gasteiger partial charge in [-0.05, 0) is 23.1 Å². The van der Waals surface area contributed by atoms with Gasteiger partial charge in [-0.25, -0.2) is 4.98 Å². The van der Waals surface area contributed by atoms with Crippen LogP contribution in [0.1, 0.15) is 16.8 Å². The number of aromatic nitrogens is 3. The number of hydrogen-bond acceptors (Lipinski definition) is 5. The summed E-state index contributed by atoms with van der Waals surface area (Å²) in [5, 5.41) is 1.99. The Labute approximate surface area is 172 Å². The Morgan fingerprint density at radius 1 is 1.07 bits per heavy atom. The highest BCUT2D eigenvalue weighted by molar-refractivity contribution is 7.13. The lowest BCUT2D eigenvalue weighted by Gasteiger charge is -2.27. The van der Waals surface area contributed by atoms with Crippen LogP contribution in [0.25, 0.3) is 22.0 Å². The van der Waals surface area contributed by atoms with Gasteiger partial charge in [0.25, 0.3) is 5.56 Å². The average molecular weight is 401 g/mol. The molecule has 6 heteroatoms. The lowest BCUT2D eigenvalue weighted by atomic mass is 10.1. The molecule has 4 heterocycles. The molecule has 1 aliphatic heterocycles. The fraction of sp³-hybridized carbons (Fsp3) is 0.174. The van der Waals surface area contributed by atoms with Crippen LogP contribution in [0.4, 0.5) is 0 Å². The van der Waals surface area contributed by atoms with E-state index in [-0.39, 0.29) is 5.56 Å². The number of hydrogen-bond donors (Lipinski definition) is 1. The Balaban J connectivity index is 1.32. The number of nitrogens with one attached hydrogen (secondary N) is 1. The number of thiophene rings is 1. The zero-order chi connectivity index (χ0) is 19.6. The molecule has 29 heavy (non-hydrogen) atoms. The first-order chi connectivity index (χ1) is 14.3. The first-order valence-corrected chi connectivity index (χ1v) is 10.5. The molecule has 1 aliphatic rings. The minimum Gasteiger partial charge on any atom is -0.306 e. The van der Waals surface area contributed by atoms with Crippen LogP contribution in [-0.4, -0.2) is 26.4 Å². The summed E-state index contributed by atoms with van der Waals surface area (Å²) in [6, 6.07) is 18.3. The molecule has 0 saturated carbocycles. The van der Waals surface area contributed by atoms with Crippen molar-refractivity contribution in [2.45, 2.75) is 19.5 Å². The van der Waals surface area contributed by atoms with Gasteiger partial charge >= 0.3 is 0 Å². The van der Waals surface area contributed by atoms with E-state index >= 15 is 0 Å². The van der Waals surface area contributed by atoms with Gasteiger partial charge in [-0.3, -0.25) is 14.7 Å². The van der Waals surface area contributed by atoms with E-state index in [2.05, 4.69) is 39.1 Å². The van der Waals surface area contributed by atoms with Crippen LogP contribution in [0.3, 0.4) is 0 Å². The van der Waals surface area contributed by atoms with E-state index in [4.69, 9.17) is 4.98 Å². The number of rotatable bonds is 4. The van der Waals surface area contributed by atoms with Gasteiger partial charge in [0.2, 0.25) is 0 Å². The molecule has 5 rings (SSSR count). The van der Waals surface area contributed by atoms with Crippen LogP contribution < -0.4 is 5.56 Å². The molecular weight excluding hydrogens is 380 g/mol. The molecule has 0 aliphatic carbocycles. The van der Waals surface area contributed by atoms with Crippen LogP contribution in [0.2, 0.25) is 0 Å². The third kappa shape index (κ3) is 3.77. The molecule has 1 aromatic carbocycles. The van der Waals surface area contributed by atoms with E-state index in [0.717, 1.165) is 52.5 Å². The summed E-state index contributed by atoms with van der Waals surface area (Å²) in [6.07, 6.45) is 2.72. The smallest absolute Gasteiger partial charge is 0.255 e. The molecular formula is C23H20N4OS. The van der Waals surface area contributed by atoms with E-state index in [1.165, 1.54) is 0 Å². The summed E-state index contributed by atoms with van der Waals surface area (Å²) in [5.74, 6) is 0.679. The minimum atomic E-state index is -0.0272. The number of fused-ring (bicyclic) bond motifs is 1. The van der Waals surface area contributed by atoms with Gasteiger partial charge in [-0.2, -0.15) is 0 Å². The minimum absolute atomic E-state index is 0.0272. The molecule has 1 N–H and O–H groups in total. The second kappa shape index (κ2) is 7.73. The Bertz CT molecular complexity index is 1170. The molecule has 0 radical (unpaired) electrons. The molecule has 3 aromatic heterocycles. The number of benzene rings is 1. The van der Waals surface area contributed by atoms with Crippen LogP contribution in [0.15, 0.2) is 71.0 Å². The summed E-state index contributed by atoms with van der Waals surface area (Å²) in [7, 11) is 0. The van der Waals surface area contributed by atoms with Crippen molar-refractivity contribution < 1.29 is 0 Å². The molecule has 144 valence electrons. The Kier molecular flexibility index (Phi) is 4.79. The zero-order valence-electron chi connectivity index (χ0n) is 15.8. The van der Waals surface area contributed by atoms with Crippen molar-refractivity contribution >= 4 is 11.3 Å². The number of pyridine rings is 1. The van der Waals surface area contributed by atoms with Gasteiger partial charge in [-0.1, -0.05) is 42.5 Å². The predicted octanol–water partition coefficient (Wildman–Crippen LogP) is 4.12. The third-order valence-electron chi connectivity index (χ3n) is 5.20. The lowest BCUT2D eigenvalue weighted by molar-refractivity contribution is 0.241. The standard InChI is InChI=1S/C23H20N4OS/c28-23-18-15-27(11-10-20(18)25-22(26-23)21-7-4-12-29-21)14-16-8-9-19(24-13-16)17-5-2-1-3-6-17/h1-9,12-13H,10-11,14-15H2,(H,25,26,28). The van der Waals surface area contributed by atoms with E-state index in [9.17, 15) is 4.79 Å². The molecule has 0 bridgehead atoms. The summed E-state index contributed by atoms with van der Waals surface area (Å²) >= 11 is 1.59. The molecule has 0 amide bonds. The van der Waals surface area contributed by atoms with E-state index in [0.29, 0.717) is 12.4 Å². The van der Waals surface area contributed by atoms with E-state index in [1.807, 2.05) is 41.9 Å². The molecule has 5 nitrogen and oxygen atoms in total. The van der Waals surface area contributed by atoms with Gasteiger partial charge < -0.3 is 4.98 Å². The maximum Gasteiger partial charge on any atom is 0.255 e. The molecule has 0 saturated heterocycles. The second-order valence-corrected chi connectivity index (χ2v) is 8.14. The van der Waals surface area contributed by atoms with Gasteiger partial charge in [0.1, 0.15) is 0 Å². The zero-order valence-corrected chi connectivity index (χ0v) is 16.7. The first-order valence-electron chi connectivity index (χ1n) is 9.65. The van der Waals surface area contributed by atoms with Gasteiger partial charge in [0.15, 0.2) is 5.82 Å². The summed E-state index contributed by atoms with van der Waals surface area (Å²) in [6.45, 7) is 2.27. The van der Waals surface area contributed by atoms with Gasteiger partial charge in [0, 0.05) is 37.8 Å². The number of aromatic amines is 1. The first kappa shape index (κ1) is 18.0. The topological polar surface area (TPSA) is 61.9 Å². The molecule has 0 unspecified atom stereocenters. The van der Waals surface area contributed by atoms with Crippen molar-refractivity contribution in [1.82, 2.24) is 19.9 Å².